The number of aliphatic hydroxyl groups is 2. The van der Waals surface area contributed by atoms with Gasteiger partial charge in [-0.15, -0.1) is 0 Å². The molecule has 0 fully saturated rings. The molecule has 7 nitrogen and oxygen atoms in total. The lowest BCUT2D eigenvalue weighted by atomic mass is 10.3. The SMILES string of the molecule is CCCCOCCCC.O=C(O)CS.O=C(O)CS.OCCO. The van der Waals surface area contributed by atoms with E-state index in [0.717, 1.165) is 13.2 Å². The Morgan fingerprint density at radius 3 is 1.22 bits per heavy atom. The molecule has 142 valence electrons. The van der Waals surface area contributed by atoms with E-state index in [1.807, 2.05) is 0 Å². The van der Waals surface area contributed by atoms with Crippen molar-refractivity contribution in [3.8, 4) is 0 Å². The molecule has 0 rings (SSSR count). The molecule has 0 aliphatic heterocycles. The highest BCUT2D eigenvalue weighted by Crippen LogP contribution is 1.91. The van der Waals surface area contributed by atoms with Crippen molar-refractivity contribution < 1.29 is 34.8 Å². The molecule has 0 atom stereocenters. The van der Waals surface area contributed by atoms with Gasteiger partial charge >= 0.3 is 11.9 Å². The van der Waals surface area contributed by atoms with E-state index in [0.29, 0.717) is 0 Å². The number of carboxylic acid groups (broad SMARTS) is 2. The first-order valence-electron chi connectivity index (χ1n) is 7.32. The number of hydrogen-bond acceptors (Lipinski definition) is 7. The molecule has 0 aliphatic carbocycles. The van der Waals surface area contributed by atoms with Gasteiger partial charge < -0.3 is 25.2 Å². The van der Waals surface area contributed by atoms with Gasteiger partial charge in [-0.05, 0) is 12.8 Å². The standard InChI is InChI=1S/C8H18O.2C2H4O2S.C2H6O2/c1-3-5-7-9-8-6-4-2;2*3-2(4)1-5;3-1-2-4/h3-8H2,1-2H3;2*5H,1H2,(H,3,4);3-4H,1-2H2. The van der Waals surface area contributed by atoms with Crippen molar-refractivity contribution in [1.82, 2.24) is 0 Å². The number of carbonyl (C=O) groups is 2. The number of ether oxygens (including phenoxy) is 1. The number of aliphatic carboxylic acids is 2. The smallest absolute Gasteiger partial charge is 0.313 e. The molecule has 0 aromatic carbocycles. The lowest BCUT2D eigenvalue weighted by Crippen LogP contribution is -1.95. The Balaban J connectivity index is -0.000000112. The average molecular weight is 377 g/mol. The second-order valence-electron chi connectivity index (χ2n) is 3.87. The lowest BCUT2D eigenvalue weighted by Gasteiger charge is -1.99. The predicted octanol–water partition coefficient (Wildman–Crippen LogP) is 1.58. The quantitative estimate of drug-likeness (QED) is 0.267. The minimum atomic E-state index is -0.881. The molecule has 0 heterocycles. The zero-order valence-corrected chi connectivity index (χ0v) is 15.8. The molecule has 0 aromatic heterocycles. The molecule has 0 spiro atoms. The van der Waals surface area contributed by atoms with Crippen molar-refractivity contribution in [2.45, 2.75) is 39.5 Å². The maximum atomic E-state index is 9.29. The van der Waals surface area contributed by atoms with Crippen molar-refractivity contribution in [1.29, 1.82) is 0 Å². The van der Waals surface area contributed by atoms with Crippen molar-refractivity contribution >= 4 is 37.2 Å². The Morgan fingerprint density at radius 1 is 0.826 bits per heavy atom. The Kier molecular flexibility index (Phi) is 43.9. The van der Waals surface area contributed by atoms with Gasteiger partial charge in [0.25, 0.3) is 0 Å². The van der Waals surface area contributed by atoms with E-state index in [1.165, 1.54) is 25.7 Å². The third-order valence-corrected chi connectivity index (χ3v) is 2.20. The predicted molar refractivity (Wildman–Crippen MR) is 97.8 cm³/mol. The molecule has 0 aliphatic rings. The van der Waals surface area contributed by atoms with Gasteiger partial charge in [0.2, 0.25) is 0 Å². The van der Waals surface area contributed by atoms with E-state index >= 15 is 0 Å². The zero-order valence-electron chi connectivity index (χ0n) is 14.0. The average Bonchev–Trinajstić information content (AvgIpc) is 2.56. The van der Waals surface area contributed by atoms with Crippen LogP contribution < -0.4 is 0 Å². The molecule has 0 amide bonds. The first kappa shape index (κ1) is 30.4. The fourth-order valence-corrected chi connectivity index (χ4v) is 0.595. The molecule has 23 heavy (non-hydrogen) atoms. The molecule has 0 unspecified atom stereocenters. The summed E-state index contributed by atoms with van der Waals surface area (Å²) in [5, 5.41) is 30.5. The van der Waals surface area contributed by atoms with Crippen molar-refractivity contribution in [3.63, 3.8) is 0 Å². The summed E-state index contributed by atoms with van der Waals surface area (Å²) in [5.74, 6) is -1.93. The van der Waals surface area contributed by atoms with Crippen molar-refractivity contribution in [2.24, 2.45) is 0 Å². The van der Waals surface area contributed by atoms with Crippen LogP contribution in [-0.4, -0.2) is 70.3 Å². The molecule has 0 aromatic rings. The molecule has 4 N–H and O–H groups in total. The third kappa shape index (κ3) is 74.1. The van der Waals surface area contributed by atoms with Crippen LogP contribution in [0.4, 0.5) is 0 Å². The number of carboxylic acids is 2. The van der Waals surface area contributed by atoms with Crippen LogP contribution in [0.5, 0.6) is 0 Å². The molecular formula is C14H32O7S2. The Hall–Kier alpha value is -0.480. The summed E-state index contributed by atoms with van der Waals surface area (Å²) in [7, 11) is 0. The monoisotopic (exact) mass is 376 g/mol. The minimum absolute atomic E-state index is 0.0833. The van der Waals surface area contributed by atoms with Gasteiger partial charge in [0.1, 0.15) is 0 Å². The topological polar surface area (TPSA) is 124 Å². The number of thiol groups is 2. The highest BCUT2D eigenvalue weighted by molar-refractivity contribution is 7.81. The third-order valence-electron chi connectivity index (χ3n) is 1.65. The van der Waals surface area contributed by atoms with Crippen LogP contribution in [0, 0.1) is 0 Å². The minimum Gasteiger partial charge on any atom is -0.481 e. The number of rotatable bonds is 9. The van der Waals surface area contributed by atoms with Gasteiger partial charge in [-0.25, -0.2) is 0 Å². The summed E-state index contributed by atoms with van der Waals surface area (Å²) in [6.07, 6.45) is 4.91. The molecule has 0 saturated carbocycles. The fourth-order valence-electron chi connectivity index (χ4n) is 0.595. The Bertz CT molecular complexity index is 207. The summed E-state index contributed by atoms with van der Waals surface area (Å²) in [6.45, 7) is 6.03. The highest BCUT2D eigenvalue weighted by Gasteiger charge is 1.84. The van der Waals surface area contributed by atoms with E-state index in [2.05, 4.69) is 39.1 Å². The van der Waals surface area contributed by atoms with Gasteiger partial charge in [-0.3, -0.25) is 9.59 Å². The van der Waals surface area contributed by atoms with E-state index < -0.39 is 11.9 Å². The largest absolute Gasteiger partial charge is 0.481 e. The normalized spacial score (nSPS) is 8.43. The first-order valence-corrected chi connectivity index (χ1v) is 8.58. The van der Waals surface area contributed by atoms with Crippen LogP contribution in [-0.2, 0) is 14.3 Å². The van der Waals surface area contributed by atoms with Crippen LogP contribution >= 0.6 is 25.3 Å². The Labute approximate surface area is 149 Å². The molecular weight excluding hydrogens is 344 g/mol. The summed E-state index contributed by atoms with van der Waals surface area (Å²) in [6, 6.07) is 0. The molecule has 0 bridgehead atoms. The van der Waals surface area contributed by atoms with Gasteiger partial charge in [0.15, 0.2) is 0 Å². The molecule has 0 radical (unpaired) electrons. The maximum Gasteiger partial charge on any atom is 0.313 e. The van der Waals surface area contributed by atoms with Gasteiger partial charge in [-0.1, -0.05) is 26.7 Å². The second-order valence-corrected chi connectivity index (χ2v) is 4.50. The lowest BCUT2D eigenvalue weighted by molar-refractivity contribution is -0.134. The maximum absolute atomic E-state index is 9.29. The van der Waals surface area contributed by atoms with E-state index in [1.54, 1.807) is 0 Å². The van der Waals surface area contributed by atoms with E-state index in [-0.39, 0.29) is 24.7 Å². The Morgan fingerprint density at radius 2 is 1.09 bits per heavy atom. The number of unbranched alkanes of at least 4 members (excludes halogenated alkanes) is 2. The van der Waals surface area contributed by atoms with Crippen molar-refractivity contribution in [3.05, 3.63) is 0 Å². The van der Waals surface area contributed by atoms with Crippen LogP contribution in [0.2, 0.25) is 0 Å². The molecule has 9 heteroatoms. The van der Waals surface area contributed by atoms with E-state index in [4.69, 9.17) is 25.2 Å². The summed E-state index contributed by atoms with van der Waals surface area (Å²) < 4.78 is 5.31. The first-order chi connectivity index (χ1) is 10.9. The van der Waals surface area contributed by atoms with Crippen LogP contribution in [0.1, 0.15) is 39.5 Å². The zero-order chi connectivity index (χ0) is 18.9. The van der Waals surface area contributed by atoms with Gasteiger partial charge in [0.05, 0.1) is 24.7 Å². The van der Waals surface area contributed by atoms with E-state index in [9.17, 15) is 9.59 Å². The van der Waals surface area contributed by atoms with Crippen LogP contribution in [0.25, 0.3) is 0 Å². The molecule has 0 saturated heterocycles. The summed E-state index contributed by atoms with van der Waals surface area (Å²) >= 11 is 6.83. The summed E-state index contributed by atoms with van der Waals surface area (Å²) in [5.41, 5.74) is 0. The van der Waals surface area contributed by atoms with Crippen LogP contribution in [0.15, 0.2) is 0 Å². The second kappa shape index (κ2) is 33.2. The van der Waals surface area contributed by atoms with Crippen LogP contribution in [0.3, 0.4) is 0 Å². The van der Waals surface area contributed by atoms with Crippen molar-refractivity contribution in [2.75, 3.05) is 37.9 Å². The summed E-state index contributed by atoms with van der Waals surface area (Å²) in [4.78, 5) is 18.6. The number of hydrogen-bond donors (Lipinski definition) is 6. The van der Waals surface area contributed by atoms with Gasteiger partial charge in [0, 0.05) is 13.2 Å². The highest BCUT2D eigenvalue weighted by atomic mass is 32.1. The number of aliphatic hydroxyl groups excluding tert-OH is 2. The fraction of sp³-hybridized carbons (Fsp3) is 0.857. The van der Waals surface area contributed by atoms with Gasteiger partial charge in [-0.2, -0.15) is 25.3 Å².